The van der Waals surface area contributed by atoms with Crippen LogP contribution < -0.4 is 15.9 Å². The topological polar surface area (TPSA) is 237 Å². The average Bonchev–Trinajstić information content (AvgIpc) is 3.86. The van der Waals surface area contributed by atoms with Crippen molar-refractivity contribution < 1.29 is 48.3 Å². The Morgan fingerprint density at radius 3 is 2.30 bits per heavy atom. The summed E-state index contributed by atoms with van der Waals surface area (Å²) in [5.41, 5.74) is 5.61. The molecule has 0 radical (unpaired) electrons. The summed E-state index contributed by atoms with van der Waals surface area (Å²) in [6.45, 7) is 7.74. The predicted octanol–water partition coefficient (Wildman–Crippen LogP) is 4.38. The first-order chi connectivity index (χ1) is 26.1. The molecule has 16 nitrogen and oxygen atoms in total. The number of primary sulfonamides is 1. The SMILES string of the molecule is CC1(C)C(/C=C/C2=C(n3cccn3)C(=C/C=C3/N(CCS(=O)(=O)O)c4ccc(S(N)(=O)=O)cc4C3(C)C)/CC2)=[N+](CCS(=O)(=O)O)c2ccc(SOON)cc21. The first-order valence-corrected chi connectivity index (χ1v) is 22.8. The molecule has 6 N–H and O–H groups in total. The van der Waals surface area contributed by atoms with Crippen molar-refractivity contribution in [3.8, 4) is 0 Å². The molecule has 0 fully saturated rings. The van der Waals surface area contributed by atoms with E-state index in [0.29, 0.717) is 34.7 Å². The molecule has 0 saturated heterocycles. The van der Waals surface area contributed by atoms with Gasteiger partial charge in [-0.3, -0.25) is 9.11 Å². The van der Waals surface area contributed by atoms with Gasteiger partial charge in [-0.25, -0.2) is 18.2 Å². The van der Waals surface area contributed by atoms with Crippen LogP contribution >= 0.6 is 12.0 Å². The molecule has 56 heavy (non-hydrogen) atoms. The lowest BCUT2D eigenvalue weighted by Crippen LogP contribution is -2.30. The van der Waals surface area contributed by atoms with Crippen molar-refractivity contribution in [3.63, 3.8) is 0 Å². The van der Waals surface area contributed by atoms with Gasteiger partial charge in [-0.1, -0.05) is 26.0 Å². The van der Waals surface area contributed by atoms with Crippen molar-refractivity contribution in [2.45, 2.75) is 61.2 Å². The van der Waals surface area contributed by atoms with Crippen molar-refractivity contribution in [3.05, 3.63) is 107 Å². The lowest BCUT2D eigenvalue weighted by Gasteiger charge is -2.26. The Hall–Kier alpha value is -3.96. The van der Waals surface area contributed by atoms with Gasteiger partial charge < -0.3 is 4.90 Å². The third kappa shape index (κ3) is 8.64. The second kappa shape index (κ2) is 15.4. The number of fused-ring (bicyclic) bond motifs is 2. The van der Waals surface area contributed by atoms with Crippen LogP contribution in [0.15, 0.2) is 106 Å². The minimum atomic E-state index is -4.33. The van der Waals surface area contributed by atoms with E-state index in [0.717, 1.165) is 45.8 Å². The molecule has 3 heterocycles. The third-order valence-corrected chi connectivity index (χ3v) is 13.2. The average molecular weight is 848 g/mol. The van der Waals surface area contributed by atoms with Crippen molar-refractivity contribution in [2.75, 3.05) is 29.5 Å². The van der Waals surface area contributed by atoms with Crippen LogP contribution in [0.2, 0.25) is 0 Å². The number of hydrogen-bond acceptors (Lipinski definition) is 12. The Morgan fingerprint density at radius 2 is 1.66 bits per heavy atom. The van der Waals surface area contributed by atoms with E-state index < -0.39 is 52.6 Å². The summed E-state index contributed by atoms with van der Waals surface area (Å²) in [6.07, 6.45) is 12.5. The van der Waals surface area contributed by atoms with Crippen molar-refractivity contribution in [2.24, 2.45) is 11.0 Å². The second-order valence-corrected chi connectivity index (χ2v) is 20.0. The molecule has 1 aromatic heterocycles. The van der Waals surface area contributed by atoms with Gasteiger partial charge in [0.2, 0.25) is 15.7 Å². The lowest BCUT2D eigenvalue weighted by atomic mass is 9.81. The van der Waals surface area contributed by atoms with Gasteiger partial charge in [0.05, 0.1) is 33.8 Å². The fourth-order valence-electron chi connectivity index (χ4n) is 7.58. The van der Waals surface area contributed by atoms with Gasteiger partial charge >= 0.3 is 0 Å². The zero-order valence-electron chi connectivity index (χ0n) is 31.0. The van der Waals surface area contributed by atoms with Crippen LogP contribution in [-0.4, -0.2) is 79.0 Å². The highest BCUT2D eigenvalue weighted by molar-refractivity contribution is 7.94. The normalized spacial score (nSPS) is 19.6. The molecule has 2 aromatic carbocycles. The molecule has 0 bridgehead atoms. The molecule has 6 rings (SSSR count). The number of allylic oxidation sites excluding steroid dienone is 8. The van der Waals surface area contributed by atoms with Gasteiger partial charge in [0.25, 0.3) is 20.2 Å². The second-order valence-electron chi connectivity index (χ2n) is 14.6. The molecule has 0 saturated carbocycles. The van der Waals surface area contributed by atoms with E-state index in [-0.39, 0.29) is 18.0 Å². The summed E-state index contributed by atoms with van der Waals surface area (Å²) in [6, 6.07) is 11.8. The van der Waals surface area contributed by atoms with E-state index in [9.17, 15) is 34.4 Å². The largest absolute Gasteiger partial charge is 0.343 e. The van der Waals surface area contributed by atoms with Crippen LogP contribution in [0, 0.1) is 0 Å². The number of rotatable bonds is 14. The molecular formula is C36H43N6O10S4+. The van der Waals surface area contributed by atoms with E-state index in [4.69, 9.17) is 15.4 Å². The summed E-state index contributed by atoms with van der Waals surface area (Å²) in [5, 5.41) is 9.99. The highest BCUT2D eigenvalue weighted by atomic mass is 32.2. The van der Waals surface area contributed by atoms with E-state index in [2.05, 4.69) is 10.1 Å². The summed E-state index contributed by atoms with van der Waals surface area (Å²) in [5.74, 6) is 3.99. The van der Waals surface area contributed by atoms with Gasteiger partial charge in [-0.2, -0.15) is 32.4 Å². The predicted molar refractivity (Wildman–Crippen MR) is 212 cm³/mol. The first-order valence-electron chi connectivity index (χ1n) is 17.3. The number of sulfonamides is 1. The van der Waals surface area contributed by atoms with Gasteiger partial charge in [-0.05, 0) is 85.9 Å². The molecule has 0 amide bonds. The van der Waals surface area contributed by atoms with Crippen molar-refractivity contribution in [1.29, 1.82) is 0 Å². The maximum atomic E-state index is 12.3. The van der Waals surface area contributed by atoms with Crippen LogP contribution in [0.4, 0.5) is 11.4 Å². The number of nitrogens with two attached hydrogens (primary N) is 2. The smallest absolute Gasteiger partial charge is 0.271 e. The van der Waals surface area contributed by atoms with Crippen LogP contribution in [0.1, 0.15) is 51.7 Å². The van der Waals surface area contributed by atoms with E-state index in [1.165, 1.54) is 12.1 Å². The molecule has 2 aliphatic heterocycles. The molecule has 3 aliphatic rings. The lowest BCUT2D eigenvalue weighted by molar-refractivity contribution is -0.432. The fourth-order valence-corrected chi connectivity index (χ4v) is 9.36. The molecule has 20 heteroatoms. The number of benzene rings is 2. The van der Waals surface area contributed by atoms with E-state index in [1.807, 2.05) is 74.9 Å². The maximum Gasteiger partial charge on any atom is 0.271 e. The molecular weight excluding hydrogens is 805 g/mol. The molecule has 0 unspecified atom stereocenters. The minimum Gasteiger partial charge on any atom is -0.343 e. The van der Waals surface area contributed by atoms with Crippen LogP contribution in [0.3, 0.4) is 0 Å². The zero-order valence-corrected chi connectivity index (χ0v) is 34.3. The summed E-state index contributed by atoms with van der Waals surface area (Å²) in [4.78, 5) is 6.65. The van der Waals surface area contributed by atoms with Crippen molar-refractivity contribution in [1.82, 2.24) is 9.78 Å². The number of aromatic nitrogens is 2. The molecule has 0 spiro atoms. The van der Waals surface area contributed by atoms with E-state index >= 15 is 0 Å². The highest BCUT2D eigenvalue weighted by Crippen LogP contribution is 2.49. The van der Waals surface area contributed by atoms with Gasteiger partial charge in [0, 0.05) is 58.3 Å². The van der Waals surface area contributed by atoms with Crippen molar-refractivity contribution >= 4 is 65.1 Å². The Labute approximate surface area is 330 Å². The zero-order chi connectivity index (χ0) is 40.8. The molecule has 1 aliphatic carbocycles. The third-order valence-electron chi connectivity index (χ3n) is 10.3. The van der Waals surface area contributed by atoms with Gasteiger partial charge in [-0.15, -0.1) is 9.32 Å². The van der Waals surface area contributed by atoms with Crippen LogP contribution in [0.5, 0.6) is 0 Å². The summed E-state index contributed by atoms with van der Waals surface area (Å²) < 4.78 is 99.9. The summed E-state index contributed by atoms with van der Waals surface area (Å²) in [7, 11) is -12.6. The molecule has 300 valence electrons. The monoisotopic (exact) mass is 847 g/mol. The molecule has 0 atom stereocenters. The maximum absolute atomic E-state index is 12.3. The summed E-state index contributed by atoms with van der Waals surface area (Å²) >= 11 is 0.928. The Balaban J connectivity index is 1.44. The quantitative estimate of drug-likeness (QED) is 0.0580. The molecule has 3 aromatic rings. The number of nitrogens with zero attached hydrogens (tertiary/aromatic N) is 4. The highest BCUT2D eigenvalue weighted by Gasteiger charge is 2.45. The first kappa shape index (κ1) is 41.7. The number of anilines is 1. The fraction of sp³-hybridized carbons (Fsp3) is 0.333. The number of hydrogen-bond donors (Lipinski definition) is 4. The Bertz CT molecular complexity index is 2560. The standard InChI is InChI=1S/C36H42N6O10S4/c1-35(2)28-22-26(53-52-51-37)10-12-30(28)40(18-20-54(43,44)45)32(35)14-8-24-6-7-25(34(24)42-17-5-16-39-42)9-15-33-36(3,4)29-23-27(56(38,49)50)11-13-31(29)41(33)19-21-55(46,47)48/h5,8-17,22-23H,6-7,18-21,37H2,1-4H3,(H3-,38,43,44,45,46,47,48,49,50)/p+1. The van der Waals surface area contributed by atoms with Crippen LogP contribution in [0.25, 0.3) is 5.70 Å². The van der Waals surface area contributed by atoms with E-state index in [1.54, 1.807) is 34.0 Å². The minimum absolute atomic E-state index is 0.00141. The Kier molecular flexibility index (Phi) is 11.5. The van der Waals surface area contributed by atoms with Crippen LogP contribution in [-0.2, 0) is 50.4 Å². The van der Waals surface area contributed by atoms with Gasteiger partial charge in [0.1, 0.15) is 5.75 Å². The van der Waals surface area contributed by atoms with Gasteiger partial charge in [0.15, 0.2) is 12.3 Å². The Morgan fingerprint density at radius 1 is 0.929 bits per heavy atom.